The van der Waals surface area contributed by atoms with Crippen molar-refractivity contribution in [1.82, 2.24) is 10.2 Å². The Balaban J connectivity index is 1.87. The van der Waals surface area contributed by atoms with Crippen LogP contribution in [0.5, 0.6) is 0 Å². The van der Waals surface area contributed by atoms with Crippen LogP contribution in [0.1, 0.15) is 51.9 Å². The molecule has 2 atom stereocenters. The van der Waals surface area contributed by atoms with Crippen molar-refractivity contribution in [2.75, 3.05) is 19.6 Å². The predicted octanol–water partition coefficient (Wildman–Crippen LogP) is 2.17. The lowest BCUT2D eigenvalue weighted by Gasteiger charge is -2.44. The lowest BCUT2D eigenvalue weighted by molar-refractivity contribution is -0.136. The number of likely N-dealkylation sites (tertiary alicyclic amines) is 1. The molecule has 1 saturated carbocycles. The molecule has 98 valence electrons. The molecule has 1 saturated heterocycles. The van der Waals surface area contributed by atoms with E-state index in [-0.39, 0.29) is 0 Å². The molecule has 2 aliphatic rings. The van der Waals surface area contributed by atoms with Gasteiger partial charge in [-0.1, -0.05) is 19.8 Å². The van der Waals surface area contributed by atoms with Crippen molar-refractivity contribution in [2.45, 2.75) is 57.9 Å². The third-order valence-corrected chi connectivity index (χ3v) is 4.27. The molecule has 17 heavy (non-hydrogen) atoms. The van der Waals surface area contributed by atoms with Crippen LogP contribution in [0.25, 0.3) is 0 Å². The van der Waals surface area contributed by atoms with Crippen LogP contribution >= 0.6 is 0 Å². The maximum atomic E-state index is 12.2. The molecule has 1 aliphatic carbocycles. The van der Waals surface area contributed by atoms with Crippen molar-refractivity contribution >= 4 is 5.91 Å². The van der Waals surface area contributed by atoms with E-state index in [2.05, 4.69) is 17.1 Å². The van der Waals surface area contributed by atoms with E-state index >= 15 is 0 Å². The fourth-order valence-corrected chi connectivity index (χ4v) is 3.41. The lowest BCUT2D eigenvalue weighted by Crippen LogP contribution is -2.52. The van der Waals surface area contributed by atoms with Gasteiger partial charge in [0.2, 0.25) is 5.91 Å². The molecule has 0 aromatic carbocycles. The zero-order valence-electron chi connectivity index (χ0n) is 11.1. The molecule has 3 nitrogen and oxygen atoms in total. The van der Waals surface area contributed by atoms with Crippen LogP contribution in [0.4, 0.5) is 0 Å². The number of fused-ring (bicyclic) bond motifs is 1. The van der Waals surface area contributed by atoms with Crippen LogP contribution in [-0.2, 0) is 4.79 Å². The zero-order chi connectivity index (χ0) is 12.1. The molecule has 3 heteroatoms. The molecule has 0 spiro atoms. The van der Waals surface area contributed by atoms with Gasteiger partial charge in [0.1, 0.15) is 0 Å². The molecular weight excluding hydrogens is 212 g/mol. The fraction of sp³-hybridized carbons (Fsp3) is 0.929. The van der Waals surface area contributed by atoms with Gasteiger partial charge in [-0.05, 0) is 44.6 Å². The van der Waals surface area contributed by atoms with Crippen LogP contribution < -0.4 is 5.32 Å². The summed E-state index contributed by atoms with van der Waals surface area (Å²) in [5, 5.41) is 3.24. The number of amides is 1. The summed E-state index contributed by atoms with van der Waals surface area (Å²) in [6, 6.07) is 0.563. The number of carbonyl (C=O) groups is 1. The van der Waals surface area contributed by atoms with Crippen LogP contribution in [0.2, 0.25) is 0 Å². The third-order valence-electron chi connectivity index (χ3n) is 4.27. The summed E-state index contributed by atoms with van der Waals surface area (Å²) in [5.74, 6) is 1.13. The van der Waals surface area contributed by atoms with Gasteiger partial charge in [0.25, 0.3) is 0 Å². The standard InChI is InChI=1S/C14H26N2O/c1-2-9-15-11-14(17)16-10-5-7-12-6-3-4-8-13(12)16/h12-13,15H,2-11H2,1H3. The number of rotatable bonds is 4. The molecule has 1 aliphatic heterocycles. The van der Waals surface area contributed by atoms with E-state index in [1.165, 1.54) is 38.5 Å². The highest BCUT2D eigenvalue weighted by Gasteiger charge is 2.35. The van der Waals surface area contributed by atoms with Crippen molar-refractivity contribution < 1.29 is 4.79 Å². The normalized spacial score (nSPS) is 28.9. The smallest absolute Gasteiger partial charge is 0.236 e. The summed E-state index contributed by atoms with van der Waals surface area (Å²) >= 11 is 0. The number of hydrogen-bond donors (Lipinski definition) is 1. The van der Waals surface area contributed by atoms with E-state index in [1.807, 2.05) is 0 Å². The molecule has 0 radical (unpaired) electrons. The Kier molecular flexibility index (Phi) is 4.84. The van der Waals surface area contributed by atoms with Gasteiger partial charge in [0, 0.05) is 12.6 Å². The number of nitrogens with zero attached hydrogens (tertiary/aromatic N) is 1. The van der Waals surface area contributed by atoms with Crippen LogP contribution in [0, 0.1) is 5.92 Å². The highest BCUT2D eigenvalue weighted by molar-refractivity contribution is 5.78. The average molecular weight is 238 g/mol. The second-order valence-corrected chi connectivity index (χ2v) is 5.52. The Morgan fingerprint density at radius 1 is 1.24 bits per heavy atom. The second kappa shape index (κ2) is 6.39. The SMILES string of the molecule is CCCNCC(=O)N1CCCC2CCCCC21. The number of hydrogen-bond acceptors (Lipinski definition) is 2. The van der Waals surface area contributed by atoms with Crippen molar-refractivity contribution in [3.05, 3.63) is 0 Å². The summed E-state index contributed by atoms with van der Waals surface area (Å²) in [6.07, 6.45) is 8.92. The highest BCUT2D eigenvalue weighted by atomic mass is 16.2. The van der Waals surface area contributed by atoms with Crippen LogP contribution in [0.15, 0.2) is 0 Å². The summed E-state index contributed by atoms with van der Waals surface area (Å²) < 4.78 is 0. The van der Waals surface area contributed by atoms with E-state index in [4.69, 9.17) is 0 Å². The van der Waals surface area contributed by atoms with E-state index in [0.29, 0.717) is 18.5 Å². The molecule has 1 heterocycles. The quantitative estimate of drug-likeness (QED) is 0.761. The molecule has 0 aromatic heterocycles. The van der Waals surface area contributed by atoms with Crippen LogP contribution in [-0.4, -0.2) is 36.5 Å². The van der Waals surface area contributed by atoms with Gasteiger partial charge >= 0.3 is 0 Å². The number of nitrogens with one attached hydrogen (secondary N) is 1. The van der Waals surface area contributed by atoms with Crippen molar-refractivity contribution in [1.29, 1.82) is 0 Å². The molecule has 0 aromatic rings. The Morgan fingerprint density at radius 3 is 2.82 bits per heavy atom. The zero-order valence-corrected chi connectivity index (χ0v) is 11.1. The third kappa shape index (κ3) is 3.21. The van der Waals surface area contributed by atoms with Gasteiger partial charge in [-0.25, -0.2) is 0 Å². The Hall–Kier alpha value is -0.570. The molecule has 1 amide bonds. The lowest BCUT2D eigenvalue weighted by atomic mass is 9.78. The van der Waals surface area contributed by atoms with Crippen molar-refractivity contribution in [2.24, 2.45) is 5.92 Å². The molecular formula is C14H26N2O. The minimum absolute atomic E-state index is 0.329. The first-order valence-corrected chi connectivity index (χ1v) is 7.33. The summed E-state index contributed by atoms with van der Waals surface area (Å²) in [4.78, 5) is 14.4. The van der Waals surface area contributed by atoms with Gasteiger partial charge in [-0.2, -0.15) is 0 Å². The van der Waals surface area contributed by atoms with Gasteiger partial charge in [0.15, 0.2) is 0 Å². The van der Waals surface area contributed by atoms with E-state index < -0.39 is 0 Å². The summed E-state index contributed by atoms with van der Waals surface area (Å²) in [7, 11) is 0. The van der Waals surface area contributed by atoms with Crippen molar-refractivity contribution in [3.8, 4) is 0 Å². The maximum Gasteiger partial charge on any atom is 0.236 e. The Bertz CT molecular complexity index is 253. The topological polar surface area (TPSA) is 32.3 Å². The molecule has 2 fully saturated rings. The Morgan fingerprint density at radius 2 is 2.00 bits per heavy atom. The maximum absolute atomic E-state index is 12.2. The Labute approximate surface area is 105 Å². The first-order chi connectivity index (χ1) is 8.33. The van der Waals surface area contributed by atoms with Gasteiger partial charge < -0.3 is 10.2 Å². The van der Waals surface area contributed by atoms with E-state index in [9.17, 15) is 4.79 Å². The monoisotopic (exact) mass is 238 g/mol. The second-order valence-electron chi connectivity index (χ2n) is 5.52. The van der Waals surface area contributed by atoms with E-state index in [1.54, 1.807) is 0 Å². The van der Waals surface area contributed by atoms with Crippen molar-refractivity contribution in [3.63, 3.8) is 0 Å². The minimum Gasteiger partial charge on any atom is -0.338 e. The largest absolute Gasteiger partial charge is 0.338 e. The van der Waals surface area contributed by atoms with Gasteiger partial charge in [-0.3, -0.25) is 4.79 Å². The number of piperidine rings is 1. The fourth-order valence-electron chi connectivity index (χ4n) is 3.41. The van der Waals surface area contributed by atoms with E-state index in [0.717, 1.165) is 25.4 Å². The van der Waals surface area contributed by atoms with Gasteiger partial charge in [-0.15, -0.1) is 0 Å². The summed E-state index contributed by atoms with van der Waals surface area (Å²) in [6.45, 7) is 4.62. The van der Waals surface area contributed by atoms with Crippen LogP contribution in [0.3, 0.4) is 0 Å². The first kappa shape index (κ1) is 12.9. The molecule has 2 unspecified atom stereocenters. The predicted molar refractivity (Wildman–Crippen MR) is 69.9 cm³/mol. The van der Waals surface area contributed by atoms with Gasteiger partial charge in [0.05, 0.1) is 6.54 Å². The average Bonchev–Trinajstić information content (AvgIpc) is 2.38. The minimum atomic E-state index is 0.329. The first-order valence-electron chi connectivity index (χ1n) is 7.33. The molecule has 0 bridgehead atoms. The molecule has 2 rings (SSSR count). The highest BCUT2D eigenvalue weighted by Crippen LogP contribution is 2.35. The molecule has 1 N–H and O–H groups in total. The summed E-state index contributed by atoms with van der Waals surface area (Å²) in [5.41, 5.74) is 0. The number of carbonyl (C=O) groups excluding carboxylic acids is 1.